The van der Waals surface area contributed by atoms with E-state index >= 15 is 0 Å². The highest BCUT2D eigenvalue weighted by Gasteiger charge is 2.26. The number of aryl methyl sites for hydroxylation is 2. The molecule has 0 atom stereocenters. The summed E-state index contributed by atoms with van der Waals surface area (Å²) in [6.07, 6.45) is 7.90. The van der Waals surface area contributed by atoms with Gasteiger partial charge in [-0.2, -0.15) is 5.10 Å². The van der Waals surface area contributed by atoms with Gasteiger partial charge < -0.3 is 14.5 Å². The third kappa shape index (κ3) is 4.70. The van der Waals surface area contributed by atoms with Gasteiger partial charge in [0.15, 0.2) is 5.76 Å². The fraction of sp³-hybridized carbons (Fsp3) is 0.391. The highest BCUT2D eigenvalue weighted by molar-refractivity contribution is 5.93. The van der Waals surface area contributed by atoms with Crippen molar-refractivity contribution in [3.8, 4) is 5.75 Å². The van der Waals surface area contributed by atoms with Gasteiger partial charge in [0.25, 0.3) is 5.91 Å². The molecular formula is C23H27N3O3. The van der Waals surface area contributed by atoms with Crippen LogP contribution < -0.4 is 10.1 Å². The van der Waals surface area contributed by atoms with E-state index in [4.69, 9.17) is 9.15 Å². The molecule has 0 spiro atoms. The molecule has 1 N–H and O–H groups in total. The van der Waals surface area contributed by atoms with E-state index in [9.17, 15) is 4.79 Å². The van der Waals surface area contributed by atoms with Gasteiger partial charge in [0.1, 0.15) is 18.1 Å². The van der Waals surface area contributed by atoms with Crippen LogP contribution in [0.5, 0.6) is 5.75 Å². The number of furan rings is 1. The summed E-state index contributed by atoms with van der Waals surface area (Å²) in [4.78, 5) is 12.7. The summed E-state index contributed by atoms with van der Waals surface area (Å²) in [6.45, 7) is 4.24. The standard InChI is InChI=1S/C23H27N3O3/c1-16-13-24-26(14-16)19-10-8-18(9-11-19)25-23(27)22-17(2)12-21(29-22)15-28-20-6-4-3-5-7-20/h3-7,12-14,18-19H,8-11,15H2,1-2H3,(H,25,27). The number of hydrogen-bond donors (Lipinski definition) is 1. The molecule has 152 valence electrons. The average Bonchev–Trinajstić information content (AvgIpc) is 3.33. The van der Waals surface area contributed by atoms with Crippen LogP contribution in [0.4, 0.5) is 0 Å². The van der Waals surface area contributed by atoms with Gasteiger partial charge in [-0.3, -0.25) is 9.48 Å². The van der Waals surface area contributed by atoms with Crippen LogP contribution in [0.2, 0.25) is 0 Å². The number of carbonyl (C=O) groups excluding carboxylic acids is 1. The molecule has 1 aromatic carbocycles. The Morgan fingerprint density at radius 3 is 2.66 bits per heavy atom. The van der Waals surface area contributed by atoms with Crippen LogP contribution in [0.1, 0.15) is 59.2 Å². The van der Waals surface area contributed by atoms with Gasteiger partial charge in [-0.15, -0.1) is 0 Å². The number of aromatic nitrogens is 2. The topological polar surface area (TPSA) is 69.3 Å². The number of amides is 1. The van der Waals surface area contributed by atoms with E-state index in [0.717, 1.165) is 37.0 Å². The van der Waals surface area contributed by atoms with Crippen LogP contribution in [0.3, 0.4) is 0 Å². The van der Waals surface area contributed by atoms with Gasteiger partial charge in [0.2, 0.25) is 0 Å². The summed E-state index contributed by atoms with van der Waals surface area (Å²) < 4.78 is 13.6. The van der Waals surface area contributed by atoms with Gasteiger partial charge in [0, 0.05) is 17.8 Å². The monoisotopic (exact) mass is 393 g/mol. The fourth-order valence-electron chi connectivity index (χ4n) is 3.88. The molecule has 3 aromatic rings. The van der Waals surface area contributed by atoms with E-state index < -0.39 is 0 Å². The quantitative estimate of drug-likeness (QED) is 0.665. The Kier molecular flexibility index (Phi) is 5.69. The van der Waals surface area contributed by atoms with Gasteiger partial charge in [-0.1, -0.05) is 18.2 Å². The van der Waals surface area contributed by atoms with Crippen molar-refractivity contribution in [2.75, 3.05) is 0 Å². The van der Waals surface area contributed by atoms with Crippen molar-refractivity contribution in [1.82, 2.24) is 15.1 Å². The Hall–Kier alpha value is -3.02. The first-order valence-corrected chi connectivity index (χ1v) is 10.2. The molecule has 1 aliphatic carbocycles. The molecule has 2 heterocycles. The van der Waals surface area contributed by atoms with Gasteiger partial charge >= 0.3 is 0 Å². The molecule has 1 aliphatic rings. The molecule has 29 heavy (non-hydrogen) atoms. The number of nitrogens with zero attached hydrogens (tertiary/aromatic N) is 2. The lowest BCUT2D eigenvalue weighted by Gasteiger charge is -2.29. The molecule has 1 fully saturated rings. The van der Waals surface area contributed by atoms with Crippen LogP contribution in [-0.4, -0.2) is 21.7 Å². The molecule has 6 nitrogen and oxygen atoms in total. The predicted molar refractivity (Wildman–Crippen MR) is 110 cm³/mol. The Bertz CT molecular complexity index is 953. The smallest absolute Gasteiger partial charge is 0.287 e. The predicted octanol–water partition coefficient (Wildman–Crippen LogP) is 4.59. The summed E-state index contributed by atoms with van der Waals surface area (Å²) in [5.74, 6) is 1.65. The molecule has 1 saturated carbocycles. The molecule has 0 bridgehead atoms. The summed E-state index contributed by atoms with van der Waals surface area (Å²) in [6, 6.07) is 12.0. The molecule has 0 saturated heterocycles. The second-order valence-electron chi connectivity index (χ2n) is 7.80. The summed E-state index contributed by atoms with van der Waals surface area (Å²) in [5.41, 5.74) is 2.01. The molecule has 4 rings (SSSR count). The maximum absolute atomic E-state index is 12.7. The fourth-order valence-corrected chi connectivity index (χ4v) is 3.88. The second kappa shape index (κ2) is 8.55. The number of para-hydroxylation sites is 1. The largest absolute Gasteiger partial charge is 0.486 e. The Morgan fingerprint density at radius 1 is 1.21 bits per heavy atom. The number of benzene rings is 1. The lowest BCUT2D eigenvalue weighted by atomic mass is 9.91. The molecule has 6 heteroatoms. The number of hydrogen-bond acceptors (Lipinski definition) is 4. The highest BCUT2D eigenvalue weighted by atomic mass is 16.5. The van der Waals surface area contributed by atoms with Crippen molar-refractivity contribution in [1.29, 1.82) is 0 Å². The first-order chi connectivity index (χ1) is 14.1. The zero-order valence-corrected chi connectivity index (χ0v) is 16.9. The van der Waals surface area contributed by atoms with Crippen molar-refractivity contribution in [2.45, 2.75) is 58.2 Å². The molecule has 1 amide bonds. The van der Waals surface area contributed by atoms with E-state index in [1.807, 2.05) is 49.5 Å². The highest BCUT2D eigenvalue weighted by Crippen LogP contribution is 2.28. The van der Waals surface area contributed by atoms with E-state index in [0.29, 0.717) is 24.2 Å². The maximum atomic E-state index is 12.7. The van der Waals surface area contributed by atoms with Crippen molar-refractivity contribution < 1.29 is 13.9 Å². The number of nitrogens with one attached hydrogen (secondary N) is 1. The normalized spacial score (nSPS) is 19.1. The first kappa shape index (κ1) is 19.3. The SMILES string of the molecule is Cc1cnn(C2CCC(NC(=O)c3oc(COc4ccccc4)cc3C)CC2)c1. The minimum absolute atomic E-state index is 0.146. The van der Waals surface area contributed by atoms with E-state index in [1.54, 1.807) is 0 Å². The Balaban J connectivity index is 1.30. The zero-order chi connectivity index (χ0) is 20.2. The molecule has 2 aromatic heterocycles. The summed E-state index contributed by atoms with van der Waals surface area (Å²) in [7, 11) is 0. The van der Waals surface area contributed by atoms with Crippen LogP contribution in [-0.2, 0) is 6.61 Å². The second-order valence-corrected chi connectivity index (χ2v) is 7.80. The summed E-state index contributed by atoms with van der Waals surface area (Å²) >= 11 is 0. The van der Waals surface area contributed by atoms with Crippen molar-refractivity contribution >= 4 is 5.91 Å². The van der Waals surface area contributed by atoms with Crippen LogP contribution in [0.15, 0.2) is 53.2 Å². The molecule has 0 radical (unpaired) electrons. The zero-order valence-electron chi connectivity index (χ0n) is 16.9. The van der Waals surface area contributed by atoms with Crippen LogP contribution in [0, 0.1) is 13.8 Å². The summed E-state index contributed by atoms with van der Waals surface area (Å²) in [5, 5.41) is 7.57. The van der Waals surface area contributed by atoms with Crippen molar-refractivity contribution in [3.63, 3.8) is 0 Å². The minimum Gasteiger partial charge on any atom is -0.486 e. The Morgan fingerprint density at radius 2 is 1.97 bits per heavy atom. The van der Waals surface area contributed by atoms with Crippen molar-refractivity contribution in [3.05, 3.63) is 71.4 Å². The van der Waals surface area contributed by atoms with Crippen LogP contribution >= 0.6 is 0 Å². The molecule has 0 unspecified atom stereocenters. The van der Waals surface area contributed by atoms with Crippen LogP contribution in [0.25, 0.3) is 0 Å². The minimum atomic E-state index is -0.146. The van der Waals surface area contributed by atoms with E-state index in [-0.39, 0.29) is 11.9 Å². The van der Waals surface area contributed by atoms with Gasteiger partial charge in [-0.25, -0.2) is 0 Å². The maximum Gasteiger partial charge on any atom is 0.287 e. The molecule has 0 aliphatic heterocycles. The van der Waals surface area contributed by atoms with Crippen molar-refractivity contribution in [2.24, 2.45) is 0 Å². The number of rotatable bonds is 6. The lowest BCUT2D eigenvalue weighted by molar-refractivity contribution is 0.0888. The third-order valence-corrected chi connectivity index (χ3v) is 5.44. The Labute approximate surface area is 170 Å². The van der Waals surface area contributed by atoms with E-state index in [2.05, 4.69) is 28.2 Å². The first-order valence-electron chi connectivity index (χ1n) is 10.2. The number of ether oxygens (including phenoxy) is 1. The lowest BCUT2D eigenvalue weighted by Crippen LogP contribution is -2.38. The molecular weight excluding hydrogens is 366 g/mol. The van der Waals surface area contributed by atoms with Gasteiger partial charge in [-0.05, 0) is 63.3 Å². The number of carbonyl (C=O) groups is 1. The van der Waals surface area contributed by atoms with Gasteiger partial charge in [0.05, 0.1) is 12.2 Å². The third-order valence-electron chi connectivity index (χ3n) is 5.44. The van der Waals surface area contributed by atoms with E-state index in [1.165, 1.54) is 5.56 Å². The average molecular weight is 393 g/mol.